The number of fused-ring (bicyclic) bond motifs is 2. The Morgan fingerprint density at radius 1 is 0.922 bits per heavy atom. The van der Waals surface area contributed by atoms with Gasteiger partial charge in [-0.3, -0.25) is 14.3 Å². The Labute approximate surface area is 300 Å². The van der Waals surface area contributed by atoms with Crippen molar-refractivity contribution in [3.8, 4) is 28.8 Å². The highest BCUT2D eigenvalue weighted by atomic mass is 35.5. The van der Waals surface area contributed by atoms with Crippen molar-refractivity contribution in [2.45, 2.75) is 25.9 Å². The number of aromatic hydroxyl groups is 1. The van der Waals surface area contributed by atoms with E-state index in [1.54, 1.807) is 53.8 Å². The second-order valence-corrected chi connectivity index (χ2v) is 12.4. The van der Waals surface area contributed by atoms with E-state index in [0.717, 1.165) is 37.2 Å². The Morgan fingerprint density at radius 3 is 2.43 bits per heavy atom. The molecule has 0 unspecified atom stereocenters. The Balaban J connectivity index is 1.38. The number of hydrogen-bond acceptors (Lipinski definition) is 10. The van der Waals surface area contributed by atoms with Crippen molar-refractivity contribution in [3.63, 3.8) is 0 Å². The molecule has 262 valence electrons. The van der Waals surface area contributed by atoms with Gasteiger partial charge < -0.3 is 20.3 Å². The summed E-state index contributed by atoms with van der Waals surface area (Å²) in [6, 6.07) is 19.6. The average molecular weight is 707 g/mol. The molecule has 0 saturated carbocycles. The minimum Gasteiger partial charge on any atom is -0.508 e. The minimum atomic E-state index is -0.241. The van der Waals surface area contributed by atoms with Crippen molar-refractivity contribution < 1.29 is 14.6 Å². The third kappa shape index (κ3) is 8.19. The SMILES string of the molecule is COCCN(CCCC#Cc1cccc2nc(Cn3nc(-c4ccc(O)cc4)c4c(N)ncnc43)n(Cc3ccccc3Cl)c(=O)c12)CCOC. The van der Waals surface area contributed by atoms with Crippen molar-refractivity contribution in [2.24, 2.45) is 0 Å². The third-order valence-corrected chi connectivity index (χ3v) is 8.93. The van der Waals surface area contributed by atoms with Crippen LogP contribution in [0, 0.1) is 11.8 Å². The van der Waals surface area contributed by atoms with Gasteiger partial charge in [0.05, 0.1) is 36.0 Å². The quantitative estimate of drug-likeness (QED) is 0.118. The first-order valence-electron chi connectivity index (χ1n) is 16.6. The number of nitrogens with two attached hydrogens (primary N) is 1. The number of methoxy groups -OCH3 is 2. The van der Waals surface area contributed by atoms with Crippen LogP contribution in [-0.4, -0.2) is 86.4 Å². The molecule has 13 heteroatoms. The van der Waals surface area contributed by atoms with E-state index in [9.17, 15) is 9.90 Å². The first-order chi connectivity index (χ1) is 24.9. The van der Waals surface area contributed by atoms with Gasteiger partial charge in [-0.1, -0.05) is 47.7 Å². The number of rotatable bonds is 14. The fourth-order valence-corrected chi connectivity index (χ4v) is 6.11. The van der Waals surface area contributed by atoms with Crippen LogP contribution in [0.4, 0.5) is 5.82 Å². The summed E-state index contributed by atoms with van der Waals surface area (Å²) in [5.74, 6) is 7.36. The topological polar surface area (TPSA) is 146 Å². The van der Waals surface area contributed by atoms with E-state index in [-0.39, 0.29) is 30.2 Å². The number of unbranched alkanes of at least 4 members (excludes halogenated alkanes) is 1. The minimum absolute atomic E-state index is 0.0964. The lowest BCUT2D eigenvalue weighted by Gasteiger charge is -2.20. The number of benzene rings is 3. The molecule has 0 radical (unpaired) electrons. The average Bonchev–Trinajstić information content (AvgIpc) is 3.50. The maximum Gasteiger partial charge on any atom is 0.263 e. The smallest absolute Gasteiger partial charge is 0.263 e. The molecule has 0 amide bonds. The van der Waals surface area contributed by atoms with Crippen molar-refractivity contribution in [1.29, 1.82) is 0 Å². The van der Waals surface area contributed by atoms with Crippen LogP contribution in [0.5, 0.6) is 5.75 Å². The van der Waals surface area contributed by atoms with Crippen LogP contribution < -0.4 is 11.3 Å². The molecule has 3 aromatic carbocycles. The predicted molar refractivity (Wildman–Crippen MR) is 199 cm³/mol. The maximum atomic E-state index is 14.5. The van der Waals surface area contributed by atoms with Gasteiger partial charge in [-0.05, 0) is 61.0 Å². The molecule has 51 heavy (non-hydrogen) atoms. The summed E-state index contributed by atoms with van der Waals surface area (Å²) in [7, 11) is 3.40. The van der Waals surface area contributed by atoms with Gasteiger partial charge in [-0.15, -0.1) is 0 Å². The van der Waals surface area contributed by atoms with Gasteiger partial charge in [0.15, 0.2) is 5.65 Å². The summed E-state index contributed by atoms with van der Waals surface area (Å²) in [6.07, 6.45) is 2.90. The number of phenolic OH excluding ortho intramolecular Hbond substituents is 1. The number of anilines is 1. The molecule has 3 N–H and O–H groups in total. The molecule has 0 aliphatic heterocycles. The largest absolute Gasteiger partial charge is 0.508 e. The van der Waals surface area contributed by atoms with Gasteiger partial charge in [-0.25, -0.2) is 19.6 Å². The van der Waals surface area contributed by atoms with E-state index in [4.69, 9.17) is 36.9 Å². The van der Waals surface area contributed by atoms with E-state index in [2.05, 4.69) is 26.7 Å². The van der Waals surface area contributed by atoms with Crippen LogP contribution in [0.1, 0.15) is 29.8 Å². The second-order valence-electron chi connectivity index (χ2n) is 12.0. The zero-order chi connectivity index (χ0) is 35.7. The molecule has 0 aliphatic carbocycles. The molecule has 3 aromatic heterocycles. The van der Waals surface area contributed by atoms with Crippen LogP contribution in [0.2, 0.25) is 5.02 Å². The van der Waals surface area contributed by atoms with E-state index in [1.807, 2.05) is 36.4 Å². The monoisotopic (exact) mass is 706 g/mol. The zero-order valence-electron chi connectivity index (χ0n) is 28.5. The summed E-state index contributed by atoms with van der Waals surface area (Å²) in [6.45, 7) is 4.08. The number of ether oxygens (including phenoxy) is 2. The number of halogens is 1. The highest BCUT2D eigenvalue weighted by Gasteiger charge is 2.21. The second kappa shape index (κ2) is 16.6. The third-order valence-electron chi connectivity index (χ3n) is 8.56. The Kier molecular flexibility index (Phi) is 11.6. The zero-order valence-corrected chi connectivity index (χ0v) is 29.3. The molecule has 0 spiro atoms. The van der Waals surface area contributed by atoms with E-state index in [0.29, 0.717) is 63.7 Å². The van der Waals surface area contributed by atoms with Crippen LogP contribution in [-0.2, 0) is 22.6 Å². The summed E-state index contributed by atoms with van der Waals surface area (Å²) < 4.78 is 13.8. The van der Waals surface area contributed by atoms with Crippen molar-refractivity contribution in [2.75, 3.05) is 52.8 Å². The van der Waals surface area contributed by atoms with Crippen LogP contribution in [0.3, 0.4) is 0 Å². The molecule has 12 nitrogen and oxygen atoms in total. The molecule has 6 rings (SSSR count). The lowest BCUT2D eigenvalue weighted by Crippen LogP contribution is -2.31. The molecule has 6 aromatic rings. The van der Waals surface area contributed by atoms with Gasteiger partial charge in [0.2, 0.25) is 0 Å². The standard InChI is InChI=1S/C38H39ClN8O4/c1-50-21-19-45(20-22-51-2)18-7-3-4-9-26-11-8-13-31-33(26)38(49)46(23-28-10-5-6-12-30(28)39)32(43-31)24-47-37-34(36(40)41-25-42-37)35(44-47)27-14-16-29(48)17-15-27/h5-6,8,10-17,25,48H,3,7,18-24H2,1-2H3,(H2,40,41,42). The van der Waals surface area contributed by atoms with Crippen molar-refractivity contribution in [1.82, 2.24) is 34.2 Å². The molecule has 0 aliphatic rings. The van der Waals surface area contributed by atoms with Gasteiger partial charge in [0.25, 0.3) is 5.56 Å². The first kappa shape index (κ1) is 35.5. The van der Waals surface area contributed by atoms with Crippen LogP contribution in [0.25, 0.3) is 33.2 Å². The highest BCUT2D eigenvalue weighted by molar-refractivity contribution is 6.31. The fourth-order valence-electron chi connectivity index (χ4n) is 5.92. The molecule has 0 atom stereocenters. The predicted octanol–water partition coefficient (Wildman–Crippen LogP) is 4.97. The molecular formula is C38H39ClN8O4. The lowest BCUT2D eigenvalue weighted by atomic mass is 10.1. The van der Waals surface area contributed by atoms with Gasteiger partial charge in [0, 0.05) is 49.9 Å². The normalized spacial score (nSPS) is 11.4. The number of hydrogen-bond donors (Lipinski definition) is 2. The number of aromatic nitrogens is 6. The van der Waals surface area contributed by atoms with Gasteiger partial charge in [0.1, 0.15) is 36.0 Å². The first-order valence-corrected chi connectivity index (χ1v) is 17.0. The number of nitrogens with zero attached hydrogens (tertiary/aromatic N) is 7. The van der Waals surface area contributed by atoms with Gasteiger partial charge >= 0.3 is 0 Å². The fraction of sp³-hybridized carbons (Fsp3) is 0.289. The maximum absolute atomic E-state index is 14.5. The summed E-state index contributed by atoms with van der Waals surface area (Å²) in [5, 5.41) is 16.3. The van der Waals surface area contributed by atoms with Crippen molar-refractivity contribution in [3.05, 3.63) is 105 Å². The summed E-state index contributed by atoms with van der Waals surface area (Å²) in [4.78, 5) is 30.5. The highest BCUT2D eigenvalue weighted by Crippen LogP contribution is 2.31. The summed E-state index contributed by atoms with van der Waals surface area (Å²) in [5.41, 5.74) is 9.74. The molecule has 0 saturated heterocycles. The molecule has 0 fully saturated rings. The Morgan fingerprint density at radius 2 is 1.69 bits per heavy atom. The van der Waals surface area contributed by atoms with Crippen LogP contribution in [0.15, 0.2) is 77.9 Å². The molecular weight excluding hydrogens is 668 g/mol. The Bertz CT molecular complexity index is 2250. The molecule has 3 heterocycles. The van der Waals surface area contributed by atoms with Crippen molar-refractivity contribution >= 4 is 39.4 Å². The molecule has 0 bridgehead atoms. The van der Waals surface area contributed by atoms with E-state index >= 15 is 0 Å². The number of phenols is 1. The van der Waals surface area contributed by atoms with Crippen LogP contribution >= 0.6 is 11.6 Å². The van der Waals surface area contributed by atoms with E-state index in [1.165, 1.54) is 6.33 Å². The summed E-state index contributed by atoms with van der Waals surface area (Å²) >= 11 is 6.60. The van der Waals surface area contributed by atoms with Gasteiger partial charge in [-0.2, -0.15) is 5.10 Å². The van der Waals surface area contributed by atoms with E-state index < -0.39 is 0 Å². The Hall–Kier alpha value is -5.32. The number of nitrogen functional groups attached to an aromatic ring is 1. The lowest BCUT2D eigenvalue weighted by molar-refractivity contribution is 0.113.